The van der Waals surface area contributed by atoms with Crippen LogP contribution in [0.25, 0.3) is 0 Å². The summed E-state index contributed by atoms with van der Waals surface area (Å²) in [6.45, 7) is 1.51. The van der Waals surface area contributed by atoms with Gasteiger partial charge in [0.1, 0.15) is 53.0 Å². The van der Waals surface area contributed by atoms with Crippen LogP contribution in [-0.2, 0) is 20.7 Å². The van der Waals surface area contributed by atoms with Crippen molar-refractivity contribution in [3.63, 3.8) is 0 Å². The minimum Gasteiger partial charge on any atom is -0.508 e. The molecule has 2 aromatic rings. The Hall–Kier alpha value is -3.55. The number of aryl methyl sites for hydroxylation is 1. The van der Waals surface area contributed by atoms with Crippen LogP contribution in [0, 0.1) is 0 Å². The van der Waals surface area contributed by atoms with Gasteiger partial charge in [0.15, 0.2) is 5.78 Å². The lowest BCUT2D eigenvalue weighted by Crippen LogP contribution is -2.60. The third kappa shape index (κ3) is 7.02. The van der Waals surface area contributed by atoms with Crippen LogP contribution in [0.3, 0.4) is 0 Å². The monoisotopic (exact) mass is 520 g/mol. The molecule has 0 amide bonds. The molecule has 0 aliphatic carbocycles. The molecule has 1 aliphatic rings. The van der Waals surface area contributed by atoms with Gasteiger partial charge in [-0.2, -0.15) is 0 Å². The van der Waals surface area contributed by atoms with E-state index in [9.17, 15) is 39.9 Å². The largest absolute Gasteiger partial charge is 0.508 e. The van der Waals surface area contributed by atoms with Gasteiger partial charge in [-0.1, -0.05) is 12.1 Å². The van der Waals surface area contributed by atoms with E-state index in [1.54, 1.807) is 12.1 Å². The van der Waals surface area contributed by atoms with Gasteiger partial charge in [-0.3, -0.25) is 14.4 Å². The summed E-state index contributed by atoms with van der Waals surface area (Å²) in [5.74, 6) is -2.76. The topological polar surface area (TPSA) is 189 Å². The molecule has 1 fully saturated rings. The second-order valence-corrected chi connectivity index (χ2v) is 8.39. The van der Waals surface area contributed by atoms with E-state index in [1.807, 2.05) is 0 Å². The van der Waals surface area contributed by atoms with Crippen LogP contribution in [0.5, 0.6) is 23.0 Å². The summed E-state index contributed by atoms with van der Waals surface area (Å²) < 4.78 is 21.3. The molecule has 12 nitrogen and oxygen atoms in total. The molecular weight excluding hydrogens is 492 g/mol. The van der Waals surface area contributed by atoms with E-state index in [4.69, 9.17) is 18.9 Å². The SMILES string of the molecule is CC(=O)Oc1cc(OC(C)=O)c(C(=O)CCc2ccc(O)cc2)c(O[C@@H]2OC(CO)[C@@H](O)[C@H](O)C2O)c1. The van der Waals surface area contributed by atoms with E-state index in [2.05, 4.69) is 0 Å². The zero-order valence-corrected chi connectivity index (χ0v) is 20.1. The van der Waals surface area contributed by atoms with Crippen molar-refractivity contribution in [2.75, 3.05) is 6.61 Å². The summed E-state index contributed by atoms with van der Waals surface area (Å²) in [6, 6.07) is 8.48. The maximum Gasteiger partial charge on any atom is 0.308 e. The number of phenolic OH excluding ortho intramolecular Hbond substituents is 1. The lowest BCUT2D eigenvalue weighted by Gasteiger charge is -2.39. The molecule has 2 aromatic carbocycles. The van der Waals surface area contributed by atoms with Crippen molar-refractivity contribution >= 4 is 17.7 Å². The molecule has 0 spiro atoms. The lowest BCUT2D eigenvalue weighted by molar-refractivity contribution is -0.277. The Kier molecular flexibility index (Phi) is 9.18. The maximum absolute atomic E-state index is 13.3. The van der Waals surface area contributed by atoms with Crippen LogP contribution in [0.1, 0.15) is 36.2 Å². The summed E-state index contributed by atoms with van der Waals surface area (Å²) in [5.41, 5.74) is 0.495. The number of ether oxygens (including phenoxy) is 4. The minimum atomic E-state index is -1.80. The molecule has 1 saturated heterocycles. The smallest absolute Gasteiger partial charge is 0.308 e. The number of hydrogen-bond donors (Lipinski definition) is 5. The number of aliphatic hydroxyl groups excluding tert-OH is 4. The Morgan fingerprint density at radius 1 is 0.892 bits per heavy atom. The van der Waals surface area contributed by atoms with E-state index in [1.165, 1.54) is 12.1 Å². The van der Waals surface area contributed by atoms with Crippen molar-refractivity contribution < 1.29 is 58.9 Å². The Morgan fingerprint density at radius 3 is 2.11 bits per heavy atom. The third-order valence-corrected chi connectivity index (χ3v) is 5.50. The standard InChI is InChI=1S/C25H28O12/c1-12(27)34-16-9-18(35-13(2)28)21(17(30)8-5-14-3-6-15(29)7-4-14)19(10-16)36-25-24(33)23(32)22(31)20(11-26)37-25/h3-4,6-7,9-10,20,22-26,29,31-33H,5,8,11H2,1-2H3/t20?,22-,23+,24?,25-/m1/s1. The second kappa shape index (κ2) is 12.1. The quantitative estimate of drug-likeness (QED) is 0.172. The number of ketones is 1. The van der Waals surface area contributed by atoms with E-state index >= 15 is 0 Å². The highest BCUT2D eigenvalue weighted by Gasteiger charge is 2.45. The predicted octanol–water partition coefficient (Wildman–Crippen LogP) is 0.237. The molecule has 5 N–H and O–H groups in total. The Labute approximate surface area is 211 Å². The highest BCUT2D eigenvalue weighted by atomic mass is 16.7. The fourth-order valence-corrected chi connectivity index (χ4v) is 3.73. The predicted molar refractivity (Wildman–Crippen MR) is 124 cm³/mol. The third-order valence-electron chi connectivity index (χ3n) is 5.50. The molecule has 12 heteroatoms. The zero-order valence-electron chi connectivity index (χ0n) is 20.1. The maximum atomic E-state index is 13.3. The minimum absolute atomic E-state index is 0.0588. The number of benzene rings is 2. The lowest BCUT2D eigenvalue weighted by atomic mass is 9.98. The van der Waals surface area contributed by atoms with Crippen molar-refractivity contribution in [3.05, 3.63) is 47.5 Å². The van der Waals surface area contributed by atoms with Crippen molar-refractivity contribution in [2.45, 2.75) is 57.4 Å². The highest BCUT2D eigenvalue weighted by Crippen LogP contribution is 2.38. The van der Waals surface area contributed by atoms with Gasteiger partial charge in [0, 0.05) is 32.4 Å². The molecule has 1 aliphatic heterocycles. The molecule has 200 valence electrons. The Balaban J connectivity index is 2.01. The summed E-state index contributed by atoms with van der Waals surface area (Å²) in [7, 11) is 0. The number of carbonyl (C=O) groups is 3. The number of phenols is 1. The van der Waals surface area contributed by atoms with Crippen LogP contribution in [0.15, 0.2) is 36.4 Å². The Morgan fingerprint density at radius 2 is 1.51 bits per heavy atom. The second-order valence-electron chi connectivity index (χ2n) is 8.39. The Bertz CT molecular complexity index is 1130. The molecular formula is C25H28O12. The van der Waals surface area contributed by atoms with Crippen molar-refractivity contribution in [1.29, 1.82) is 0 Å². The van der Waals surface area contributed by atoms with Gasteiger partial charge in [0.25, 0.3) is 0 Å². The number of rotatable bonds is 9. The van der Waals surface area contributed by atoms with Crippen LogP contribution in [-0.4, -0.2) is 80.6 Å². The van der Waals surface area contributed by atoms with Gasteiger partial charge in [-0.05, 0) is 24.1 Å². The molecule has 2 unspecified atom stereocenters. The van der Waals surface area contributed by atoms with Gasteiger partial charge in [0.05, 0.1) is 6.61 Å². The number of esters is 2. The number of aromatic hydroxyl groups is 1. The van der Waals surface area contributed by atoms with Gasteiger partial charge in [-0.25, -0.2) is 0 Å². The molecule has 0 bridgehead atoms. The summed E-state index contributed by atoms with van der Waals surface area (Å²) >= 11 is 0. The fourth-order valence-electron chi connectivity index (χ4n) is 3.73. The number of Topliss-reactive ketones (excluding diaryl/α,β-unsaturated/α-hetero) is 1. The first-order chi connectivity index (χ1) is 17.5. The molecule has 3 rings (SSSR count). The van der Waals surface area contributed by atoms with E-state index in [-0.39, 0.29) is 41.4 Å². The average molecular weight is 520 g/mol. The highest BCUT2D eigenvalue weighted by molar-refractivity contribution is 6.02. The first-order valence-corrected chi connectivity index (χ1v) is 11.3. The van der Waals surface area contributed by atoms with Crippen molar-refractivity contribution in [3.8, 4) is 23.0 Å². The molecule has 0 saturated carbocycles. The van der Waals surface area contributed by atoms with Crippen LogP contribution >= 0.6 is 0 Å². The van der Waals surface area contributed by atoms with Gasteiger partial charge in [-0.15, -0.1) is 0 Å². The van der Waals surface area contributed by atoms with Crippen LogP contribution in [0.4, 0.5) is 0 Å². The fraction of sp³-hybridized carbons (Fsp3) is 0.400. The zero-order chi connectivity index (χ0) is 27.3. The summed E-state index contributed by atoms with van der Waals surface area (Å²) in [6.07, 6.45) is -8.02. The first kappa shape index (κ1) is 28.0. The summed E-state index contributed by atoms with van der Waals surface area (Å²) in [4.78, 5) is 36.7. The van der Waals surface area contributed by atoms with Gasteiger partial charge in [0.2, 0.25) is 6.29 Å². The van der Waals surface area contributed by atoms with E-state index in [0.29, 0.717) is 0 Å². The van der Waals surface area contributed by atoms with E-state index < -0.39 is 55.0 Å². The van der Waals surface area contributed by atoms with Gasteiger partial charge < -0.3 is 44.5 Å². The molecule has 37 heavy (non-hydrogen) atoms. The van der Waals surface area contributed by atoms with Crippen molar-refractivity contribution in [2.24, 2.45) is 0 Å². The first-order valence-electron chi connectivity index (χ1n) is 11.3. The summed E-state index contributed by atoms with van der Waals surface area (Å²) in [5, 5.41) is 49.4. The van der Waals surface area contributed by atoms with E-state index in [0.717, 1.165) is 31.5 Å². The van der Waals surface area contributed by atoms with Crippen LogP contribution < -0.4 is 14.2 Å². The molecule has 0 radical (unpaired) electrons. The number of hydrogen-bond acceptors (Lipinski definition) is 12. The van der Waals surface area contributed by atoms with Crippen molar-refractivity contribution in [1.82, 2.24) is 0 Å². The average Bonchev–Trinajstić information content (AvgIpc) is 2.83. The molecule has 5 atom stereocenters. The molecule has 0 aromatic heterocycles. The number of carbonyl (C=O) groups excluding carboxylic acids is 3. The van der Waals surface area contributed by atoms with Gasteiger partial charge >= 0.3 is 11.9 Å². The molecule has 1 heterocycles. The number of aliphatic hydroxyl groups is 4. The normalized spacial score (nSPS) is 23.2. The van der Waals surface area contributed by atoms with Crippen LogP contribution in [0.2, 0.25) is 0 Å².